The summed E-state index contributed by atoms with van der Waals surface area (Å²) in [5, 5.41) is 6.94. The summed E-state index contributed by atoms with van der Waals surface area (Å²) in [6, 6.07) is 0. The van der Waals surface area contributed by atoms with Gasteiger partial charge in [0.25, 0.3) is 0 Å². The summed E-state index contributed by atoms with van der Waals surface area (Å²) in [5.41, 5.74) is 0. The van der Waals surface area contributed by atoms with Crippen molar-refractivity contribution in [2.45, 2.75) is 32.6 Å². The average Bonchev–Trinajstić information content (AvgIpc) is 2.69. The van der Waals surface area contributed by atoms with Crippen molar-refractivity contribution in [2.24, 2.45) is 5.92 Å². The lowest BCUT2D eigenvalue weighted by atomic mass is 10.1. The summed E-state index contributed by atoms with van der Waals surface area (Å²) in [4.78, 5) is 0. The van der Waals surface area contributed by atoms with E-state index in [1.165, 1.54) is 32.2 Å². The van der Waals surface area contributed by atoms with Crippen LogP contribution in [0.3, 0.4) is 0 Å². The first-order valence-corrected chi connectivity index (χ1v) is 6.00. The maximum absolute atomic E-state index is 3.52. The van der Waals surface area contributed by atoms with Gasteiger partial charge in [0.2, 0.25) is 0 Å². The molecule has 0 atom stereocenters. The molecule has 0 heterocycles. The third-order valence-corrected chi connectivity index (χ3v) is 2.67. The van der Waals surface area contributed by atoms with Crippen LogP contribution in [0.4, 0.5) is 0 Å². The van der Waals surface area contributed by atoms with Crippen molar-refractivity contribution in [3.8, 4) is 0 Å². The Morgan fingerprint density at radius 3 is 2.50 bits per heavy atom. The van der Waals surface area contributed by atoms with Crippen LogP contribution in [0.1, 0.15) is 32.6 Å². The van der Waals surface area contributed by atoms with E-state index in [0.29, 0.717) is 0 Å². The Hall–Kier alpha value is -0.340. The van der Waals surface area contributed by atoms with Crippen LogP contribution in [0.2, 0.25) is 0 Å². The molecule has 0 aromatic rings. The predicted octanol–water partition coefficient (Wildman–Crippen LogP) is 1.93. The molecular formula is C12H24N2. The molecule has 0 amide bonds. The van der Waals surface area contributed by atoms with Crippen LogP contribution in [-0.4, -0.2) is 26.2 Å². The fraction of sp³-hybridized carbons (Fsp3) is 0.833. The largest absolute Gasteiger partial charge is 0.317 e. The summed E-state index contributed by atoms with van der Waals surface area (Å²) in [7, 11) is 0. The van der Waals surface area contributed by atoms with Gasteiger partial charge >= 0.3 is 0 Å². The monoisotopic (exact) mass is 196 g/mol. The second-order valence-electron chi connectivity index (χ2n) is 4.12. The number of hydrogen-bond acceptors (Lipinski definition) is 2. The first kappa shape index (κ1) is 11.7. The molecule has 0 aromatic carbocycles. The number of rotatable bonds is 8. The van der Waals surface area contributed by atoms with Gasteiger partial charge in [-0.3, -0.25) is 0 Å². The third-order valence-electron chi connectivity index (χ3n) is 2.67. The quantitative estimate of drug-likeness (QED) is 0.458. The van der Waals surface area contributed by atoms with Gasteiger partial charge in [0.15, 0.2) is 0 Å². The van der Waals surface area contributed by atoms with E-state index in [1.807, 2.05) is 0 Å². The zero-order valence-electron chi connectivity index (χ0n) is 9.39. The van der Waals surface area contributed by atoms with Gasteiger partial charge in [0, 0.05) is 0 Å². The average molecular weight is 196 g/mol. The molecule has 0 saturated heterocycles. The van der Waals surface area contributed by atoms with Gasteiger partial charge < -0.3 is 10.6 Å². The van der Waals surface area contributed by atoms with E-state index in [-0.39, 0.29) is 0 Å². The Morgan fingerprint density at radius 1 is 1.07 bits per heavy atom. The van der Waals surface area contributed by atoms with Crippen molar-refractivity contribution in [3.63, 3.8) is 0 Å². The first-order valence-electron chi connectivity index (χ1n) is 6.00. The molecule has 0 saturated carbocycles. The van der Waals surface area contributed by atoms with Gasteiger partial charge in [-0.25, -0.2) is 0 Å². The van der Waals surface area contributed by atoms with Crippen LogP contribution >= 0.6 is 0 Å². The van der Waals surface area contributed by atoms with Gasteiger partial charge in [-0.15, -0.1) is 0 Å². The smallest absolute Gasteiger partial charge is 0.00146 e. The lowest BCUT2D eigenvalue weighted by Crippen LogP contribution is -2.26. The molecule has 0 aromatic heterocycles. The van der Waals surface area contributed by atoms with E-state index in [2.05, 4.69) is 29.7 Å². The van der Waals surface area contributed by atoms with Crippen LogP contribution < -0.4 is 10.6 Å². The summed E-state index contributed by atoms with van der Waals surface area (Å²) in [5.74, 6) is 0.874. The fourth-order valence-corrected chi connectivity index (χ4v) is 1.79. The zero-order valence-corrected chi connectivity index (χ0v) is 9.39. The van der Waals surface area contributed by atoms with Crippen molar-refractivity contribution in [3.05, 3.63) is 12.2 Å². The van der Waals surface area contributed by atoms with Crippen molar-refractivity contribution < 1.29 is 0 Å². The zero-order chi connectivity index (χ0) is 10.1. The van der Waals surface area contributed by atoms with E-state index >= 15 is 0 Å². The molecule has 82 valence electrons. The highest BCUT2D eigenvalue weighted by molar-refractivity contribution is 4.94. The minimum Gasteiger partial charge on any atom is -0.317 e. The van der Waals surface area contributed by atoms with Crippen LogP contribution in [0, 0.1) is 5.92 Å². The number of allylic oxidation sites excluding steroid dienone is 2. The highest BCUT2D eigenvalue weighted by Gasteiger charge is 2.08. The van der Waals surface area contributed by atoms with Crippen LogP contribution in [-0.2, 0) is 0 Å². The number of hydrogen-bond donors (Lipinski definition) is 2. The SMILES string of the molecule is CCCNCCCNCC1CC=CC1. The molecule has 0 radical (unpaired) electrons. The molecule has 0 fully saturated rings. The van der Waals surface area contributed by atoms with Crippen molar-refractivity contribution >= 4 is 0 Å². The normalized spacial score (nSPS) is 16.6. The standard InChI is InChI=1S/C12H24N2/c1-2-8-13-9-5-10-14-11-12-6-3-4-7-12/h3-4,12-14H,2,5-11H2,1H3. The molecule has 14 heavy (non-hydrogen) atoms. The molecule has 0 unspecified atom stereocenters. The Kier molecular flexibility index (Phi) is 6.71. The lowest BCUT2D eigenvalue weighted by Gasteiger charge is -2.10. The summed E-state index contributed by atoms with van der Waals surface area (Å²) in [6.45, 7) is 6.88. The maximum Gasteiger partial charge on any atom is -0.00146 e. The minimum absolute atomic E-state index is 0.874. The van der Waals surface area contributed by atoms with Crippen LogP contribution in [0.15, 0.2) is 12.2 Å². The van der Waals surface area contributed by atoms with Gasteiger partial charge in [0.1, 0.15) is 0 Å². The molecule has 2 nitrogen and oxygen atoms in total. The van der Waals surface area contributed by atoms with Crippen LogP contribution in [0.25, 0.3) is 0 Å². The Labute approximate surface area is 88.2 Å². The second-order valence-corrected chi connectivity index (χ2v) is 4.12. The Morgan fingerprint density at radius 2 is 1.79 bits per heavy atom. The predicted molar refractivity (Wildman–Crippen MR) is 62.5 cm³/mol. The Balaban J connectivity index is 1.75. The molecule has 1 aliphatic rings. The Bertz CT molecular complexity index is 146. The molecule has 0 spiro atoms. The molecule has 2 heteroatoms. The number of nitrogens with one attached hydrogen (secondary N) is 2. The van der Waals surface area contributed by atoms with E-state index in [4.69, 9.17) is 0 Å². The summed E-state index contributed by atoms with van der Waals surface area (Å²) in [6.07, 6.45) is 9.65. The molecular weight excluding hydrogens is 172 g/mol. The highest BCUT2D eigenvalue weighted by atomic mass is 14.9. The third kappa shape index (κ3) is 5.40. The van der Waals surface area contributed by atoms with Gasteiger partial charge in [-0.1, -0.05) is 19.1 Å². The molecule has 2 N–H and O–H groups in total. The van der Waals surface area contributed by atoms with Crippen molar-refractivity contribution in [2.75, 3.05) is 26.2 Å². The molecule has 1 aliphatic carbocycles. The molecule has 1 rings (SSSR count). The first-order chi connectivity index (χ1) is 6.93. The van der Waals surface area contributed by atoms with Gasteiger partial charge in [-0.05, 0) is 57.8 Å². The van der Waals surface area contributed by atoms with Crippen molar-refractivity contribution in [1.29, 1.82) is 0 Å². The minimum atomic E-state index is 0.874. The fourth-order valence-electron chi connectivity index (χ4n) is 1.79. The van der Waals surface area contributed by atoms with Crippen molar-refractivity contribution in [1.82, 2.24) is 10.6 Å². The van der Waals surface area contributed by atoms with E-state index in [1.54, 1.807) is 0 Å². The van der Waals surface area contributed by atoms with Gasteiger partial charge in [-0.2, -0.15) is 0 Å². The maximum atomic E-state index is 3.52. The van der Waals surface area contributed by atoms with E-state index < -0.39 is 0 Å². The van der Waals surface area contributed by atoms with E-state index in [0.717, 1.165) is 25.6 Å². The topological polar surface area (TPSA) is 24.1 Å². The highest BCUT2D eigenvalue weighted by Crippen LogP contribution is 2.15. The second kappa shape index (κ2) is 8.01. The molecule has 0 bridgehead atoms. The van der Waals surface area contributed by atoms with Crippen LogP contribution in [0.5, 0.6) is 0 Å². The summed E-state index contributed by atoms with van der Waals surface area (Å²) < 4.78 is 0. The summed E-state index contributed by atoms with van der Waals surface area (Å²) >= 11 is 0. The van der Waals surface area contributed by atoms with Gasteiger partial charge in [0.05, 0.1) is 0 Å². The molecule has 0 aliphatic heterocycles. The lowest BCUT2D eigenvalue weighted by molar-refractivity contribution is 0.493. The van der Waals surface area contributed by atoms with E-state index in [9.17, 15) is 0 Å².